The van der Waals surface area contributed by atoms with Crippen molar-refractivity contribution in [1.82, 2.24) is 20.1 Å². The first-order valence-corrected chi connectivity index (χ1v) is 8.50. The number of benzene rings is 2. The Balaban J connectivity index is 1.72. The third-order valence-electron chi connectivity index (χ3n) is 3.76. The first kappa shape index (κ1) is 18.8. The Morgan fingerprint density at radius 2 is 1.89 bits per heavy atom. The first-order chi connectivity index (χ1) is 12.8. The fourth-order valence-corrected chi connectivity index (χ4v) is 2.61. The average Bonchev–Trinajstić information content (AvgIpc) is 3.02. The molecule has 1 amide bonds. The van der Waals surface area contributed by atoms with E-state index in [1.54, 1.807) is 31.2 Å². The molecule has 10 heteroatoms. The number of nitro groups is 1. The molecule has 0 aliphatic carbocycles. The van der Waals surface area contributed by atoms with Gasteiger partial charge in [-0.1, -0.05) is 23.2 Å². The van der Waals surface area contributed by atoms with Gasteiger partial charge in [0.25, 0.3) is 11.6 Å². The largest absolute Gasteiger partial charge is 0.333 e. The Labute approximate surface area is 163 Å². The van der Waals surface area contributed by atoms with Gasteiger partial charge in [-0.2, -0.15) is 0 Å². The predicted molar refractivity (Wildman–Crippen MR) is 101 cm³/mol. The molecule has 1 N–H and O–H groups in total. The third-order valence-corrected chi connectivity index (χ3v) is 4.50. The molecule has 0 fully saturated rings. The summed E-state index contributed by atoms with van der Waals surface area (Å²) in [6.45, 7) is 1.85. The van der Waals surface area contributed by atoms with E-state index in [4.69, 9.17) is 23.2 Å². The van der Waals surface area contributed by atoms with Gasteiger partial charge in [0.15, 0.2) is 5.82 Å². The summed E-state index contributed by atoms with van der Waals surface area (Å²) in [5, 5.41) is 18.4. The van der Waals surface area contributed by atoms with Crippen LogP contribution in [0.15, 0.2) is 42.5 Å². The van der Waals surface area contributed by atoms with E-state index in [1.807, 2.05) is 0 Å². The quantitative estimate of drug-likeness (QED) is 0.512. The summed E-state index contributed by atoms with van der Waals surface area (Å²) in [5.74, 6) is 0.657. The van der Waals surface area contributed by atoms with Gasteiger partial charge < -0.3 is 5.32 Å². The maximum Gasteiger partial charge on any atom is 0.269 e. The minimum Gasteiger partial charge on any atom is -0.333 e. The molecule has 0 spiro atoms. The van der Waals surface area contributed by atoms with Gasteiger partial charge in [0.2, 0.25) is 0 Å². The Hall–Kier alpha value is -2.97. The average molecular weight is 406 g/mol. The highest BCUT2D eigenvalue weighted by Crippen LogP contribution is 2.22. The number of hydrogen-bond acceptors (Lipinski definition) is 5. The van der Waals surface area contributed by atoms with Gasteiger partial charge in [0.1, 0.15) is 12.5 Å². The van der Waals surface area contributed by atoms with Crippen molar-refractivity contribution >= 4 is 34.8 Å². The predicted octanol–water partition coefficient (Wildman–Crippen LogP) is 3.86. The number of amides is 1. The van der Waals surface area contributed by atoms with Crippen LogP contribution in [0.1, 0.15) is 16.2 Å². The van der Waals surface area contributed by atoms with E-state index in [1.165, 1.54) is 22.9 Å². The number of nitro benzene ring substituents is 1. The van der Waals surface area contributed by atoms with E-state index >= 15 is 0 Å². The fourth-order valence-electron chi connectivity index (χ4n) is 2.31. The van der Waals surface area contributed by atoms with Crippen LogP contribution >= 0.6 is 23.2 Å². The van der Waals surface area contributed by atoms with Crippen molar-refractivity contribution in [3.63, 3.8) is 0 Å². The van der Waals surface area contributed by atoms with Crippen LogP contribution in [-0.4, -0.2) is 25.6 Å². The smallest absolute Gasteiger partial charge is 0.269 e. The molecular formula is C17H13Cl2N5O3. The Morgan fingerprint density at radius 3 is 2.52 bits per heavy atom. The molecule has 27 heavy (non-hydrogen) atoms. The van der Waals surface area contributed by atoms with Crippen LogP contribution in [0.3, 0.4) is 0 Å². The molecule has 0 radical (unpaired) electrons. The Bertz CT molecular complexity index is 1020. The first-order valence-electron chi connectivity index (χ1n) is 7.74. The lowest BCUT2D eigenvalue weighted by atomic mass is 10.2. The lowest BCUT2D eigenvalue weighted by molar-refractivity contribution is -0.384. The zero-order chi connectivity index (χ0) is 19.6. The summed E-state index contributed by atoms with van der Waals surface area (Å²) in [7, 11) is 0. The van der Waals surface area contributed by atoms with Crippen LogP contribution in [0.2, 0.25) is 10.0 Å². The maximum absolute atomic E-state index is 12.2. The molecule has 2 aromatic carbocycles. The second-order valence-electron chi connectivity index (χ2n) is 5.58. The van der Waals surface area contributed by atoms with Gasteiger partial charge in [-0.15, -0.1) is 5.10 Å². The zero-order valence-corrected chi connectivity index (χ0v) is 15.5. The maximum atomic E-state index is 12.2. The molecule has 0 unspecified atom stereocenters. The zero-order valence-electron chi connectivity index (χ0n) is 14.0. The summed E-state index contributed by atoms with van der Waals surface area (Å²) in [6, 6.07) is 10.5. The molecule has 0 aliphatic heterocycles. The molecule has 3 aromatic rings. The fraction of sp³-hybridized carbons (Fsp3) is 0.118. The number of hydrogen-bond donors (Lipinski definition) is 1. The van der Waals surface area contributed by atoms with Gasteiger partial charge >= 0.3 is 0 Å². The molecule has 0 saturated heterocycles. The van der Waals surface area contributed by atoms with E-state index in [-0.39, 0.29) is 18.3 Å². The van der Waals surface area contributed by atoms with Crippen LogP contribution in [0.5, 0.6) is 0 Å². The number of aromatic nitrogens is 3. The summed E-state index contributed by atoms with van der Waals surface area (Å²) in [4.78, 5) is 26.8. The van der Waals surface area contributed by atoms with Gasteiger partial charge in [-0.25, -0.2) is 9.67 Å². The minimum atomic E-state index is -0.473. The summed E-state index contributed by atoms with van der Waals surface area (Å²) < 4.78 is 1.52. The lowest BCUT2D eigenvalue weighted by Gasteiger charge is -2.07. The van der Waals surface area contributed by atoms with Gasteiger partial charge in [-0.3, -0.25) is 14.9 Å². The minimum absolute atomic E-state index is 0.0104. The van der Waals surface area contributed by atoms with E-state index in [2.05, 4.69) is 15.4 Å². The van der Waals surface area contributed by atoms with Gasteiger partial charge in [0, 0.05) is 23.3 Å². The van der Waals surface area contributed by atoms with E-state index < -0.39 is 4.92 Å². The molecule has 3 rings (SSSR count). The Morgan fingerprint density at radius 1 is 1.19 bits per heavy atom. The molecule has 0 saturated carbocycles. The molecule has 1 aromatic heterocycles. The van der Waals surface area contributed by atoms with Crippen LogP contribution in [0, 0.1) is 17.0 Å². The normalized spacial score (nSPS) is 10.6. The van der Waals surface area contributed by atoms with Crippen molar-refractivity contribution in [2.24, 2.45) is 0 Å². The third kappa shape index (κ3) is 4.24. The van der Waals surface area contributed by atoms with Crippen LogP contribution in [-0.2, 0) is 6.67 Å². The summed E-state index contributed by atoms with van der Waals surface area (Å²) in [6.07, 6.45) is 0. The highest BCUT2D eigenvalue weighted by molar-refractivity contribution is 6.42. The van der Waals surface area contributed by atoms with Crippen LogP contribution in [0.4, 0.5) is 5.69 Å². The highest BCUT2D eigenvalue weighted by Gasteiger charge is 2.12. The van der Waals surface area contributed by atoms with E-state index in [0.29, 0.717) is 32.8 Å². The number of aryl methyl sites for hydroxylation is 1. The molecule has 8 nitrogen and oxygen atoms in total. The summed E-state index contributed by atoms with van der Waals surface area (Å²) >= 11 is 11.8. The monoisotopic (exact) mass is 405 g/mol. The van der Waals surface area contributed by atoms with Gasteiger partial charge in [0.05, 0.1) is 15.0 Å². The SMILES string of the molecule is Cc1nc(-c2ccc([N+](=O)[O-])cc2)nn1CNC(=O)c1ccc(Cl)c(Cl)c1. The van der Waals surface area contributed by atoms with Crippen molar-refractivity contribution in [3.8, 4) is 11.4 Å². The number of nitrogens with one attached hydrogen (secondary N) is 1. The van der Waals surface area contributed by atoms with Crippen LogP contribution in [0.25, 0.3) is 11.4 Å². The number of rotatable bonds is 5. The number of non-ortho nitro benzene ring substituents is 1. The number of carbonyl (C=O) groups is 1. The summed E-state index contributed by atoms with van der Waals surface area (Å²) in [5.41, 5.74) is 1.000. The Kier molecular flexibility index (Phi) is 5.38. The molecular weight excluding hydrogens is 393 g/mol. The molecule has 0 atom stereocenters. The molecule has 0 aliphatic rings. The van der Waals surface area contributed by atoms with Crippen molar-refractivity contribution in [2.45, 2.75) is 13.6 Å². The second-order valence-corrected chi connectivity index (χ2v) is 6.39. The number of halogens is 2. The lowest BCUT2D eigenvalue weighted by Crippen LogP contribution is -2.27. The van der Waals surface area contributed by atoms with Crippen molar-refractivity contribution < 1.29 is 9.72 Å². The van der Waals surface area contributed by atoms with Crippen molar-refractivity contribution in [1.29, 1.82) is 0 Å². The molecule has 0 bridgehead atoms. The van der Waals surface area contributed by atoms with E-state index in [0.717, 1.165) is 0 Å². The molecule has 1 heterocycles. The number of nitrogens with zero attached hydrogens (tertiary/aromatic N) is 4. The second kappa shape index (κ2) is 7.73. The van der Waals surface area contributed by atoms with E-state index in [9.17, 15) is 14.9 Å². The standard InChI is InChI=1S/C17H13Cl2N5O3/c1-10-21-16(11-2-5-13(6-3-11)24(26)27)22-23(10)9-20-17(25)12-4-7-14(18)15(19)8-12/h2-8H,9H2,1H3,(H,20,25). The van der Waals surface area contributed by atoms with Crippen LogP contribution < -0.4 is 5.32 Å². The highest BCUT2D eigenvalue weighted by atomic mass is 35.5. The molecule has 138 valence electrons. The van der Waals surface area contributed by atoms with Gasteiger partial charge in [-0.05, 0) is 37.3 Å². The topological polar surface area (TPSA) is 103 Å². The van der Waals surface area contributed by atoms with Crippen molar-refractivity contribution in [2.75, 3.05) is 0 Å². The number of carbonyl (C=O) groups excluding carboxylic acids is 1. The van der Waals surface area contributed by atoms with Crippen molar-refractivity contribution in [3.05, 3.63) is 74.0 Å².